The number of benzene rings is 1. The van der Waals surface area contributed by atoms with Gasteiger partial charge in [-0.1, -0.05) is 15.9 Å². The Hall–Kier alpha value is -1.63. The Balaban J connectivity index is 1.84. The van der Waals surface area contributed by atoms with E-state index in [9.17, 15) is 14.0 Å². The minimum absolute atomic E-state index is 0.0177. The molecule has 1 heterocycles. The van der Waals surface area contributed by atoms with Crippen molar-refractivity contribution < 1.29 is 23.8 Å². The second-order valence-corrected chi connectivity index (χ2v) is 5.87. The molecule has 21 heavy (non-hydrogen) atoms. The lowest BCUT2D eigenvalue weighted by Crippen LogP contribution is -2.33. The van der Waals surface area contributed by atoms with Crippen LogP contribution in [-0.2, 0) is 9.59 Å². The highest BCUT2D eigenvalue weighted by atomic mass is 79.9. The molecule has 0 radical (unpaired) electrons. The number of carbonyl (C=O) groups is 2. The van der Waals surface area contributed by atoms with E-state index in [4.69, 9.17) is 9.84 Å². The van der Waals surface area contributed by atoms with Gasteiger partial charge in [-0.25, -0.2) is 4.39 Å². The fraction of sp³-hybridized carbons (Fsp3) is 0.429. The summed E-state index contributed by atoms with van der Waals surface area (Å²) < 4.78 is 19.3. The van der Waals surface area contributed by atoms with Crippen molar-refractivity contribution in [2.75, 3.05) is 19.7 Å². The Labute approximate surface area is 129 Å². The van der Waals surface area contributed by atoms with Gasteiger partial charge in [0.1, 0.15) is 0 Å². The van der Waals surface area contributed by atoms with Crippen molar-refractivity contribution in [3.63, 3.8) is 0 Å². The summed E-state index contributed by atoms with van der Waals surface area (Å²) in [5.74, 6) is -1.65. The number of hydrogen-bond acceptors (Lipinski definition) is 3. The largest absolute Gasteiger partial charge is 0.481 e. The number of carbonyl (C=O) groups excluding carboxylic acids is 1. The third-order valence-electron chi connectivity index (χ3n) is 3.35. The van der Waals surface area contributed by atoms with Crippen LogP contribution in [0.1, 0.15) is 12.8 Å². The quantitative estimate of drug-likeness (QED) is 0.875. The van der Waals surface area contributed by atoms with Crippen molar-refractivity contribution in [2.24, 2.45) is 5.92 Å². The van der Waals surface area contributed by atoms with Crippen LogP contribution < -0.4 is 4.74 Å². The molecule has 1 N–H and O–H groups in total. The van der Waals surface area contributed by atoms with E-state index >= 15 is 0 Å². The van der Waals surface area contributed by atoms with Gasteiger partial charge in [-0.3, -0.25) is 9.59 Å². The summed E-state index contributed by atoms with van der Waals surface area (Å²) in [4.78, 5) is 24.1. The number of rotatable bonds is 5. The second kappa shape index (κ2) is 6.89. The van der Waals surface area contributed by atoms with Crippen molar-refractivity contribution in [1.29, 1.82) is 0 Å². The van der Waals surface area contributed by atoms with Gasteiger partial charge >= 0.3 is 5.97 Å². The van der Waals surface area contributed by atoms with Gasteiger partial charge in [0.15, 0.2) is 18.2 Å². The summed E-state index contributed by atoms with van der Waals surface area (Å²) in [5, 5.41) is 8.73. The molecule has 7 heteroatoms. The highest BCUT2D eigenvalue weighted by molar-refractivity contribution is 9.10. The molecule has 1 unspecified atom stereocenters. The molecule has 0 aromatic heterocycles. The van der Waals surface area contributed by atoms with Crippen molar-refractivity contribution in [3.05, 3.63) is 28.5 Å². The van der Waals surface area contributed by atoms with Crippen LogP contribution in [0.25, 0.3) is 0 Å². The Morgan fingerprint density at radius 2 is 2.24 bits per heavy atom. The van der Waals surface area contributed by atoms with Crippen LogP contribution in [0.2, 0.25) is 0 Å². The molecular formula is C14H15BrFNO4. The molecule has 0 bridgehead atoms. The number of ether oxygens (including phenoxy) is 1. The van der Waals surface area contributed by atoms with Crippen molar-refractivity contribution in [1.82, 2.24) is 4.90 Å². The first-order valence-corrected chi connectivity index (χ1v) is 7.32. The first kappa shape index (κ1) is 15.8. The molecule has 0 saturated carbocycles. The van der Waals surface area contributed by atoms with E-state index in [0.717, 1.165) is 0 Å². The first-order chi connectivity index (χ1) is 9.95. The highest BCUT2D eigenvalue weighted by Crippen LogP contribution is 2.22. The molecule has 5 nitrogen and oxygen atoms in total. The third kappa shape index (κ3) is 4.42. The van der Waals surface area contributed by atoms with E-state index in [1.165, 1.54) is 12.1 Å². The summed E-state index contributed by atoms with van der Waals surface area (Å²) in [6.07, 6.45) is 0.733. The van der Waals surface area contributed by atoms with E-state index in [0.29, 0.717) is 24.0 Å². The van der Waals surface area contributed by atoms with Gasteiger partial charge in [0, 0.05) is 24.0 Å². The predicted octanol–water partition coefficient (Wildman–Crippen LogP) is 2.29. The molecule has 1 atom stereocenters. The number of amides is 1. The van der Waals surface area contributed by atoms with Crippen LogP contribution in [-0.4, -0.2) is 41.6 Å². The van der Waals surface area contributed by atoms with Crippen LogP contribution in [0, 0.1) is 11.7 Å². The van der Waals surface area contributed by atoms with Crippen molar-refractivity contribution in [2.45, 2.75) is 12.8 Å². The molecule has 1 fully saturated rings. The van der Waals surface area contributed by atoms with Gasteiger partial charge in [-0.2, -0.15) is 0 Å². The average Bonchev–Trinajstić information content (AvgIpc) is 2.85. The number of nitrogens with zero attached hydrogens (tertiary/aromatic N) is 1. The smallest absolute Gasteiger partial charge is 0.303 e. The molecule has 0 aliphatic carbocycles. The summed E-state index contributed by atoms with van der Waals surface area (Å²) in [7, 11) is 0. The van der Waals surface area contributed by atoms with Gasteiger partial charge in [-0.05, 0) is 30.5 Å². The third-order valence-corrected chi connectivity index (χ3v) is 3.84. The topological polar surface area (TPSA) is 66.8 Å². The minimum atomic E-state index is -0.859. The lowest BCUT2D eigenvalue weighted by molar-refractivity contribution is -0.138. The highest BCUT2D eigenvalue weighted by Gasteiger charge is 2.27. The Morgan fingerprint density at radius 3 is 2.90 bits per heavy atom. The molecule has 1 aliphatic heterocycles. The molecule has 0 spiro atoms. The summed E-state index contributed by atoms with van der Waals surface area (Å²) in [6, 6.07) is 4.34. The number of carboxylic acid groups (broad SMARTS) is 1. The summed E-state index contributed by atoms with van der Waals surface area (Å²) in [6.45, 7) is 0.679. The number of carboxylic acids is 1. The van der Waals surface area contributed by atoms with E-state index in [-0.39, 0.29) is 30.6 Å². The molecule has 114 valence electrons. The zero-order valence-electron chi connectivity index (χ0n) is 11.2. The fourth-order valence-corrected chi connectivity index (χ4v) is 2.63. The first-order valence-electron chi connectivity index (χ1n) is 6.53. The van der Waals surface area contributed by atoms with Crippen LogP contribution in [0.5, 0.6) is 5.75 Å². The fourth-order valence-electron chi connectivity index (χ4n) is 2.30. The maximum atomic E-state index is 13.5. The monoisotopic (exact) mass is 359 g/mol. The maximum Gasteiger partial charge on any atom is 0.303 e. The van der Waals surface area contributed by atoms with E-state index in [1.807, 2.05) is 0 Å². The van der Waals surface area contributed by atoms with Gasteiger partial charge < -0.3 is 14.7 Å². The Morgan fingerprint density at radius 1 is 1.48 bits per heavy atom. The number of likely N-dealkylation sites (tertiary alicyclic amines) is 1. The summed E-state index contributed by atoms with van der Waals surface area (Å²) in [5.41, 5.74) is 0. The molecule has 2 rings (SSSR count). The zero-order valence-corrected chi connectivity index (χ0v) is 12.8. The standard InChI is InChI=1S/C14H15BrFNO4/c15-10-1-2-12(11(16)6-10)21-8-13(18)17-4-3-9(7-17)5-14(19)20/h1-2,6,9H,3-5,7-8H2,(H,19,20). The van der Waals surface area contributed by atoms with Gasteiger partial charge in [0.2, 0.25) is 0 Å². The number of aliphatic carboxylic acids is 1. The van der Waals surface area contributed by atoms with Crippen LogP contribution in [0.15, 0.2) is 22.7 Å². The average molecular weight is 360 g/mol. The van der Waals surface area contributed by atoms with E-state index in [2.05, 4.69) is 15.9 Å². The normalized spacial score (nSPS) is 17.8. The maximum absolute atomic E-state index is 13.5. The lowest BCUT2D eigenvalue weighted by Gasteiger charge is -2.16. The number of hydrogen-bond donors (Lipinski definition) is 1. The Kier molecular flexibility index (Phi) is 5.17. The van der Waals surface area contributed by atoms with Crippen LogP contribution >= 0.6 is 15.9 Å². The van der Waals surface area contributed by atoms with Gasteiger partial charge in [-0.15, -0.1) is 0 Å². The predicted molar refractivity (Wildman–Crippen MR) is 76.5 cm³/mol. The molecule has 1 saturated heterocycles. The van der Waals surface area contributed by atoms with Crippen molar-refractivity contribution >= 4 is 27.8 Å². The molecule has 1 amide bonds. The van der Waals surface area contributed by atoms with Crippen LogP contribution in [0.3, 0.4) is 0 Å². The zero-order chi connectivity index (χ0) is 15.4. The second-order valence-electron chi connectivity index (χ2n) is 4.96. The van der Waals surface area contributed by atoms with E-state index < -0.39 is 11.8 Å². The lowest BCUT2D eigenvalue weighted by atomic mass is 10.1. The number of halogens is 2. The molecular weight excluding hydrogens is 345 g/mol. The summed E-state index contributed by atoms with van der Waals surface area (Å²) >= 11 is 3.14. The van der Waals surface area contributed by atoms with E-state index in [1.54, 1.807) is 11.0 Å². The minimum Gasteiger partial charge on any atom is -0.481 e. The van der Waals surface area contributed by atoms with Crippen LogP contribution in [0.4, 0.5) is 4.39 Å². The molecule has 1 aliphatic rings. The Bertz CT molecular complexity index is 552. The molecule has 1 aromatic carbocycles. The molecule has 1 aromatic rings. The van der Waals surface area contributed by atoms with Crippen molar-refractivity contribution in [3.8, 4) is 5.75 Å². The SMILES string of the molecule is O=C(O)CC1CCN(C(=O)COc2ccc(Br)cc2F)C1. The van der Waals surface area contributed by atoms with Gasteiger partial charge in [0.05, 0.1) is 0 Å². The van der Waals surface area contributed by atoms with Gasteiger partial charge in [0.25, 0.3) is 5.91 Å².